The summed E-state index contributed by atoms with van der Waals surface area (Å²) in [5, 5.41) is 9.32. The molecule has 1 aliphatic rings. The summed E-state index contributed by atoms with van der Waals surface area (Å²) in [5.74, 6) is 0.775. The molecule has 0 spiro atoms. The summed E-state index contributed by atoms with van der Waals surface area (Å²) in [5.41, 5.74) is 0.318. The SMILES string of the molecule is C[C@@H](O)c1ccc(OCC2CCCC2)cc1F. The first-order valence-electron chi connectivity index (χ1n) is 6.27. The Kier molecular flexibility index (Phi) is 4.00. The van der Waals surface area contributed by atoms with E-state index in [0.29, 0.717) is 23.8 Å². The van der Waals surface area contributed by atoms with Crippen LogP contribution in [0.25, 0.3) is 0 Å². The van der Waals surface area contributed by atoms with Crippen molar-refractivity contribution in [2.75, 3.05) is 6.61 Å². The van der Waals surface area contributed by atoms with Gasteiger partial charge in [0.25, 0.3) is 0 Å². The fourth-order valence-corrected chi connectivity index (χ4v) is 2.33. The largest absolute Gasteiger partial charge is 0.493 e. The van der Waals surface area contributed by atoms with Crippen molar-refractivity contribution in [3.05, 3.63) is 29.6 Å². The number of aliphatic hydroxyl groups excluding tert-OH is 1. The van der Waals surface area contributed by atoms with Gasteiger partial charge in [-0.15, -0.1) is 0 Å². The molecule has 2 nitrogen and oxygen atoms in total. The average Bonchev–Trinajstić information content (AvgIpc) is 2.78. The van der Waals surface area contributed by atoms with Crippen molar-refractivity contribution in [1.29, 1.82) is 0 Å². The molecule has 0 heterocycles. The molecule has 0 amide bonds. The quantitative estimate of drug-likeness (QED) is 0.870. The van der Waals surface area contributed by atoms with Crippen molar-refractivity contribution in [2.45, 2.75) is 38.7 Å². The molecular weight excluding hydrogens is 219 g/mol. The Bertz CT molecular complexity index is 370. The van der Waals surface area contributed by atoms with Crippen LogP contribution in [0.2, 0.25) is 0 Å². The highest BCUT2D eigenvalue weighted by Crippen LogP contribution is 2.27. The second-order valence-corrected chi connectivity index (χ2v) is 4.82. The molecule has 1 atom stereocenters. The van der Waals surface area contributed by atoms with Gasteiger partial charge in [-0.25, -0.2) is 4.39 Å². The molecule has 0 saturated heterocycles. The molecule has 17 heavy (non-hydrogen) atoms. The van der Waals surface area contributed by atoms with Crippen LogP contribution in [0.3, 0.4) is 0 Å². The van der Waals surface area contributed by atoms with E-state index in [1.807, 2.05) is 0 Å². The lowest BCUT2D eigenvalue weighted by molar-refractivity contribution is 0.193. The molecule has 1 aliphatic carbocycles. The first-order valence-corrected chi connectivity index (χ1v) is 6.27. The maximum atomic E-state index is 13.6. The lowest BCUT2D eigenvalue weighted by Gasteiger charge is -2.13. The monoisotopic (exact) mass is 238 g/mol. The molecule has 1 aromatic rings. The van der Waals surface area contributed by atoms with E-state index in [0.717, 1.165) is 0 Å². The van der Waals surface area contributed by atoms with Gasteiger partial charge < -0.3 is 9.84 Å². The van der Waals surface area contributed by atoms with E-state index < -0.39 is 11.9 Å². The molecule has 1 saturated carbocycles. The molecule has 3 heteroatoms. The highest BCUT2D eigenvalue weighted by Gasteiger charge is 2.16. The predicted molar refractivity (Wildman–Crippen MR) is 64.5 cm³/mol. The van der Waals surface area contributed by atoms with Gasteiger partial charge in [0.2, 0.25) is 0 Å². The predicted octanol–water partition coefficient (Wildman–Crippen LogP) is 3.45. The topological polar surface area (TPSA) is 29.5 Å². The zero-order chi connectivity index (χ0) is 12.3. The summed E-state index contributed by atoms with van der Waals surface area (Å²) in [6.07, 6.45) is 4.22. The Hall–Kier alpha value is -1.09. The number of aliphatic hydroxyl groups is 1. The highest BCUT2D eigenvalue weighted by molar-refractivity contribution is 5.30. The van der Waals surface area contributed by atoms with E-state index >= 15 is 0 Å². The minimum Gasteiger partial charge on any atom is -0.493 e. The third-order valence-electron chi connectivity index (χ3n) is 3.38. The van der Waals surface area contributed by atoms with Gasteiger partial charge in [0, 0.05) is 11.6 Å². The maximum absolute atomic E-state index is 13.6. The van der Waals surface area contributed by atoms with E-state index in [-0.39, 0.29) is 0 Å². The number of ether oxygens (including phenoxy) is 1. The second kappa shape index (κ2) is 5.50. The molecule has 2 rings (SSSR count). The minimum atomic E-state index is -0.779. The molecule has 1 fully saturated rings. The van der Waals surface area contributed by atoms with Gasteiger partial charge in [-0.1, -0.05) is 12.8 Å². The van der Waals surface area contributed by atoms with Gasteiger partial charge in [0.1, 0.15) is 11.6 Å². The molecule has 0 aromatic heterocycles. The number of rotatable bonds is 4. The number of benzene rings is 1. The van der Waals surface area contributed by atoms with Crippen molar-refractivity contribution in [3.8, 4) is 5.75 Å². The average molecular weight is 238 g/mol. The van der Waals surface area contributed by atoms with Crippen molar-refractivity contribution >= 4 is 0 Å². The van der Waals surface area contributed by atoms with Gasteiger partial charge in [-0.2, -0.15) is 0 Å². The molecule has 0 aliphatic heterocycles. The summed E-state index contributed by atoms with van der Waals surface area (Å²) in [7, 11) is 0. The lowest BCUT2D eigenvalue weighted by Crippen LogP contribution is -2.08. The standard InChI is InChI=1S/C14H19FO2/c1-10(16)13-7-6-12(8-14(13)15)17-9-11-4-2-3-5-11/h6-8,10-11,16H,2-5,9H2,1H3/t10-/m1/s1. The van der Waals surface area contributed by atoms with Crippen molar-refractivity contribution < 1.29 is 14.2 Å². The van der Waals surface area contributed by atoms with Crippen LogP contribution in [-0.4, -0.2) is 11.7 Å². The molecule has 0 bridgehead atoms. The van der Waals surface area contributed by atoms with E-state index in [9.17, 15) is 9.50 Å². The summed E-state index contributed by atoms with van der Waals surface area (Å²) in [6, 6.07) is 4.67. The van der Waals surface area contributed by atoms with Gasteiger partial charge >= 0.3 is 0 Å². The van der Waals surface area contributed by atoms with Crippen LogP contribution in [0.4, 0.5) is 4.39 Å². The van der Waals surface area contributed by atoms with Gasteiger partial charge in [-0.3, -0.25) is 0 Å². The van der Waals surface area contributed by atoms with Crippen LogP contribution in [0.1, 0.15) is 44.3 Å². The summed E-state index contributed by atoms with van der Waals surface area (Å²) in [6.45, 7) is 2.23. The van der Waals surface area contributed by atoms with Gasteiger partial charge in [-0.05, 0) is 37.8 Å². The molecule has 1 N–H and O–H groups in total. The Morgan fingerprint density at radius 1 is 1.41 bits per heavy atom. The van der Waals surface area contributed by atoms with E-state index in [4.69, 9.17) is 4.74 Å². The minimum absolute atomic E-state index is 0.318. The zero-order valence-corrected chi connectivity index (χ0v) is 10.2. The zero-order valence-electron chi connectivity index (χ0n) is 10.2. The van der Waals surface area contributed by atoms with Crippen LogP contribution in [0.15, 0.2) is 18.2 Å². The van der Waals surface area contributed by atoms with Crippen molar-refractivity contribution in [2.24, 2.45) is 5.92 Å². The first kappa shape index (κ1) is 12.4. The second-order valence-electron chi connectivity index (χ2n) is 4.82. The fourth-order valence-electron chi connectivity index (χ4n) is 2.33. The van der Waals surface area contributed by atoms with Crippen LogP contribution >= 0.6 is 0 Å². The van der Waals surface area contributed by atoms with Crippen LogP contribution < -0.4 is 4.74 Å². The smallest absolute Gasteiger partial charge is 0.132 e. The Morgan fingerprint density at radius 3 is 2.71 bits per heavy atom. The van der Waals surface area contributed by atoms with Crippen LogP contribution in [0, 0.1) is 11.7 Å². The van der Waals surface area contributed by atoms with E-state index in [1.54, 1.807) is 19.1 Å². The summed E-state index contributed by atoms with van der Waals surface area (Å²) < 4.78 is 19.1. The normalized spacial score (nSPS) is 18.3. The van der Waals surface area contributed by atoms with Crippen LogP contribution in [0.5, 0.6) is 5.75 Å². The molecule has 0 unspecified atom stereocenters. The maximum Gasteiger partial charge on any atom is 0.132 e. The Balaban J connectivity index is 1.94. The van der Waals surface area contributed by atoms with Gasteiger partial charge in [0.05, 0.1) is 12.7 Å². The van der Waals surface area contributed by atoms with E-state index in [1.165, 1.54) is 31.7 Å². The third-order valence-corrected chi connectivity index (χ3v) is 3.38. The Labute approximate surface area is 101 Å². The summed E-state index contributed by atoms with van der Waals surface area (Å²) >= 11 is 0. The fraction of sp³-hybridized carbons (Fsp3) is 0.571. The molecular formula is C14H19FO2. The number of halogens is 1. The third kappa shape index (κ3) is 3.19. The van der Waals surface area contributed by atoms with Crippen LogP contribution in [-0.2, 0) is 0 Å². The van der Waals surface area contributed by atoms with Crippen molar-refractivity contribution in [3.63, 3.8) is 0 Å². The van der Waals surface area contributed by atoms with E-state index in [2.05, 4.69) is 0 Å². The van der Waals surface area contributed by atoms with Crippen molar-refractivity contribution in [1.82, 2.24) is 0 Å². The number of hydrogen-bond acceptors (Lipinski definition) is 2. The molecule has 1 aromatic carbocycles. The molecule has 0 radical (unpaired) electrons. The summed E-state index contributed by atoms with van der Waals surface area (Å²) in [4.78, 5) is 0. The number of hydrogen-bond donors (Lipinski definition) is 1. The lowest BCUT2D eigenvalue weighted by atomic mass is 10.1. The highest BCUT2D eigenvalue weighted by atomic mass is 19.1. The Morgan fingerprint density at radius 2 is 2.12 bits per heavy atom. The van der Waals surface area contributed by atoms with Gasteiger partial charge in [0.15, 0.2) is 0 Å². The molecule has 94 valence electrons. The first-order chi connectivity index (χ1) is 8.16.